The lowest BCUT2D eigenvalue weighted by atomic mass is 10.1. The number of nitrogens with zero attached hydrogens (tertiary/aromatic N) is 1. The van der Waals surface area contributed by atoms with E-state index >= 15 is 0 Å². The zero-order chi connectivity index (χ0) is 13.1. The zero-order valence-electron chi connectivity index (χ0n) is 11.1. The minimum Gasteiger partial charge on any atom is -0.459 e. The fourth-order valence-corrected chi connectivity index (χ4v) is 2.05. The minimum absolute atomic E-state index is 0.0385. The van der Waals surface area contributed by atoms with Gasteiger partial charge < -0.3 is 14.0 Å². The highest BCUT2D eigenvalue weighted by atomic mass is 16.6. The van der Waals surface area contributed by atoms with Crippen molar-refractivity contribution in [2.45, 2.75) is 45.6 Å². The van der Waals surface area contributed by atoms with Crippen LogP contribution in [0.1, 0.15) is 54.4 Å². The van der Waals surface area contributed by atoms with Gasteiger partial charge in [-0.15, -0.1) is 0 Å². The fraction of sp³-hybridized carbons (Fsp3) is 0.692. The van der Waals surface area contributed by atoms with Gasteiger partial charge in [0.15, 0.2) is 5.76 Å². The van der Waals surface area contributed by atoms with Crippen molar-refractivity contribution in [3.63, 3.8) is 0 Å². The van der Waals surface area contributed by atoms with Gasteiger partial charge in [-0.2, -0.15) is 0 Å². The SMILES string of the molecule is Cc1noc(C(C)C)c1C(=O)OCC1CCCO1. The summed E-state index contributed by atoms with van der Waals surface area (Å²) < 4.78 is 15.9. The number of hydrogen-bond acceptors (Lipinski definition) is 5. The van der Waals surface area contributed by atoms with Crippen molar-refractivity contribution in [2.24, 2.45) is 0 Å². The van der Waals surface area contributed by atoms with Crippen LogP contribution in [0.15, 0.2) is 4.52 Å². The lowest BCUT2D eigenvalue weighted by Crippen LogP contribution is -2.18. The quantitative estimate of drug-likeness (QED) is 0.771. The van der Waals surface area contributed by atoms with Crippen LogP contribution in [0.4, 0.5) is 0 Å². The van der Waals surface area contributed by atoms with Gasteiger partial charge in [0.05, 0.1) is 11.8 Å². The van der Waals surface area contributed by atoms with Crippen LogP contribution in [-0.4, -0.2) is 30.4 Å². The van der Waals surface area contributed by atoms with E-state index in [1.807, 2.05) is 13.8 Å². The number of rotatable bonds is 4. The first-order valence-corrected chi connectivity index (χ1v) is 6.34. The predicted molar refractivity (Wildman–Crippen MR) is 64.6 cm³/mol. The number of ether oxygens (including phenoxy) is 2. The first-order valence-electron chi connectivity index (χ1n) is 6.34. The Balaban J connectivity index is 2.01. The second-order valence-corrected chi connectivity index (χ2v) is 4.90. The summed E-state index contributed by atoms with van der Waals surface area (Å²) in [6.07, 6.45) is 2.02. The van der Waals surface area contributed by atoms with E-state index in [1.54, 1.807) is 6.92 Å². The average Bonchev–Trinajstić information content (AvgIpc) is 2.94. The lowest BCUT2D eigenvalue weighted by molar-refractivity contribution is 0.0158. The molecule has 1 aromatic heterocycles. The zero-order valence-corrected chi connectivity index (χ0v) is 11.1. The first kappa shape index (κ1) is 13.1. The monoisotopic (exact) mass is 253 g/mol. The Morgan fingerprint density at radius 3 is 2.94 bits per heavy atom. The lowest BCUT2D eigenvalue weighted by Gasteiger charge is -2.10. The van der Waals surface area contributed by atoms with E-state index in [1.165, 1.54) is 0 Å². The Labute approximate surface area is 106 Å². The van der Waals surface area contributed by atoms with Crippen molar-refractivity contribution in [2.75, 3.05) is 13.2 Å². The molecule has 100 valence electrons. The molecule has 18 heavy (non-hydrogen) atoms. The van der Waals surface area contributed by atoms with Gasteiger partial charge in [-0.3, -0.25) is 0 Å². The molecule has 0 saturated carbocycles. The largest absolute Gasteiger partial charge is 0.459 e. The Bertz CT molecular complexity index is 419. The molecule has 0 radical (unpaired) electrons. The summed E-state index contributed by atoms with van der Waals surface area (Å²) in [6.45, 7) is 6.72. The number of aryl methyl sites for hydroxylation is 1. The summed E-state index contributed by atoms with van der Waals surface area (Å²) in [7, 11) is 0. The second kappa shape index (κ2) is 5.52. The van der Waals surface area contributed by atoms with Crippen LogP contribution < -0.4 is 0 Å². The van der Waals surface area contributed by atoms with Crippen LogP contribution in [-0.2, 0) is 9.47 Å². The molecule has 0 spiro atoms. The van der Waals surface area contributed by atoms with Gasteiger partial charge >= 0.3 is 5.97 Å². The molecular weight excluding hydrogens is 234 g/mol. The van der Waals surface area contributed by atoms with Gasteiger partial charge in [-0.05, 0) is 19.8 Å². The standard InChI is InChI=1S/C13H19NO4/c1-8(2)12-11(9(3)14-18-12)13(15)17-7-10-5-4-6-16-10/h8,10H,4-7H2,1-3H3. The molecule has 2 heterocycles. The third-order valence-corrected chi connectivity index (χ3v) is 3.04. The Kier molecular flexibility index (Phi) is 4.01. The predicted octanol–water partition coefficient (Wildman–Crippen LogP) is 2.44. The minimum atomic E-state index is -0.368. The van der Waals surface area contributed by atoms with E-state index in [2.05, 4.69) is 5.16 Å². The van der Waals surface area contributed by atoms with Crippen LogP contribution >= 0.6 is 0 Å². The highest BCUT2D eigenvalue weighted by Crippen LogP contribution is 2.23. The average molecular weight is 253 g/mol. The molecule has 1 aliphatic rings. The van der Waals surface area contributed by atoms with Crippen molar-refractivity contribution in [3.8, 4) is 0 Å². The van der Waals surface area contributed by atoms with E-state index in [0.717, 1.165) is 19.4 Å². The molecule has 0 aromatic carbocycles. The van der Waals surface area contributed by atoms with Gasteiger partial charge in [0.2, 0.25) is 0 Å². The maximum Gasteiger partial charge on any atom is 0.343 e. The maximum absolute atomic E-state index is 12.0. The molecule has 2 rings (SSSR count). The Morgan fingerprint density at radius 1 is 1.56 bits per heavy atom. The fourth-order valence-electron chi connectivity index (χ4n) is 2.05. The number of esters is 1. The molecule has 1 aromatic rings. The molecule has 1 fully saturated rings. The number of carbonyl (C=O) groups is 1. The summed E-state index contributed by atoms with van der Waals surface area (Å²) in [5, 5.41) is 3.83. The van der Waals surface area contributed by atoms with E-state index < -0.39 is 0 Å². The van der Waals surface area contributed by atoms with E-state index in [-0.39, 0.29) is 18.0 Å². The van der Waals surface area contributed by atoms with Crippen molar-refractivity contribution in [1.82, 2.24) is 5.16 Å². The van der Waals surface area contributed by atoms with Gasteiger partial charge in [0.25, 0.3) is 0 Å². The van der Waals surface area contributed by atoms with Crippen LogP contribution in [0.3, 0.4) is 0 Å². The van der Waals surface area contributed by atoms with E-state index in [9.17, 15) is 4.79 Å². The van der Waals surface area contributed by atoms with Crippen molar-refractivity contribution in [1.29, 1.82) is 0 Å². The molecule has 0 aliphatic carbocycles. The second-order valence-electron chi connectivity index (χ2n) is 4.90. The Morgan fingerprint density at radius 2 is 2.33 bits per heavy atom. The van der Waals surface area contributed by atoms with Crippen molar-refractivity contribution in [3.05, 3.63) is 17.0 Å². The van der Waals surface area contributed by atoms with Gasteiger partial charge in [-0.1, -0.05) is 19.0 Å². The molecule has 1 aliphatic heterocycles. The summed E-state index contributed by atoms with van der Waals surface area (Å²) in [5.74, 6) is 0.328. The Hall–Kier alpha value is -1.36. The van der Waals surface area contributed by atoms with E-state index in [0.29, 0.717) is 23.6 Å². The normalized spacial score (nSPS) is 19.4. The first-order chi connectivity index (χ1) is 8.59. The highest BCUT2D eigenvalue weighted by molar-refractivity contribution is 5.91. The summed E-state index contributed by atoms with van der Waals surface area (Å²) in [4.78, 5) is 12.0. The smallest absolute Gasteiger partial charge is 0.343 e. The van der Waals surface area contributed by atoms with Gasteiger partial charge in [0, 0.05) is 12.5 Å². The van der Waals surface area contributed by atoms with Crippen LogP contribution in [0.2, 0.25) is 0 Å². The molecule has 0 amide bonds. The van der Waals surface area contributed by atoms with Crippen molar-refractivity contribution < 1.29 is 18.8 Å². The van der Waals surface area contributed by atoms with Gasteiger partial charge in [0.1, 0.15) is 12.2 Å². The molecular formula is C13H19NO4. The molecule has 5 heteroatoms. The molecule has 0 bridgehead atoms. The molecule has 1 saturated heterocycles. The third kappa shape index (κ3) is 2.72. The molecule has 0 N–H and O–H groups in total. The van der Waals surface area contributed by atoms with Crippen LogP contribution in [0.25, 0.3) is 0 Å². The van der Waals surface area contributed by atoms with Gasteiger partial charge in [-0.25, -0.2) is 4.79 Å². The molecule has 1 unspecified atom stereocenters. The van der Waals surface area contributed by atoms with Crippen LogP contribution in [0, 0.1) is 6.92 Å². The maximum atomic E-state index is 12.0. The van der Waals surface area contributed by atoms with E-state index in [4.69, 9.17) is 14.0 Å². The highest BCUT2D eigenvalue weighted by Gasteiger charge is 2.25. The third-order valence-electron chi connectivity index (χ3n) is 3.04. The number of carbonyl (C=O) groups excluding carboxylic acids is 1. The van der Waals surface area contributed by atoms with Crippen LogP contribution in [0.5, 0.6) is 0 Å². The number of aromatic nitrogens is 1. The van der Waals surface area contributed by atoms with Crippen molar-refractivity contribution >= 4 is 5.97 Å². The summed E-state index contributed by atoms with van der Waals surface area (Å²) >= 11 is 0. The summed E-state index contributed by atoms with van der Waals surface area (Å²) in [6, 6.07) is 0. The molecule has 1 atom stereocenters. The molecule has 5 nitrogen and oxygen atoms in total. The topological polar surface area (TPSA) is 61.6 Å². The summed E-state index contributed by atoms with van der Waals surface area (Å²) in [5.41, 5.74) is 1.04. The number of hydrogen-bond donors (Lipinski definition) is 0.